The normalized spacial score (nSPS) is 16.0. The molecule has 5 heteroatoms. The molecule has 2 aromatic rings. The Labute approximate surface area is 147 Å². The first-order chi connectivity index (χ1) is 12.1. The number of nitrogens with zero attached hydrogens (tertiary/aromatic N) is 1. The zero-order valence-corrected chi connectivity index (χ0v) is 14.3. The molecular weight excluding hydrogens is 319 g/mol. The topological polar surface area (TPSA) is 55.6 Å². The van der Waals surface area contributed by atoms with Crippen LogP contribution in [0.25, 0.3) is 0 Å². The van der Waals surface area contributed by atoms with E-state index in [0.717, 1.165) is 22.3 Å². The highest BCUT2D eigenvalue weighted by atomic mass is 19.1. The zero-order valence-electron chi connectivity index (χ0n) is 14.3. The summed E-state index contributed by atoms with van der Waals surface area (Å²) in [5.74, 6) is -0.113. The fourth-order valence-electron chi connectivity index (χ4n) is 3.29. The number of methoxy groups -OCH3 is 1. The van der Waals surface area contributed by atoms with E-state index >= 15 is 0 Å². The van der Waals surface area contributed by atoms with E-state index in [1.807, 2.05) is 53.4 Å². The van der Waals surface area contributed by atoms with E-state index in [-0.39, 0.29) is 11.8 Å². The van der Waals surface area contributed by atoms with Crippen molar-refractivity contribution in [1.29, 1.82) is 0 Å². The van der Waals surface area contributed by atoms with Crippen molar-refractivity contribution in [3.63, 3.8) is 0 Å². The summed E-state index contributed by atoms with van der Waals surface area (Å²) in [6.07, 6.45) is 0. The quantitative estimate of drug-likeness (QED) is 0.842. The molecule has 0 fully saturated rings. The molecule has 2 aromatic carbocycles. The first kappa shape index (κ1) is 17.6. The molecule has 0 spiro atoms. The predicted octanol–water partition coefficient (Wildman–Crippen LogP) is 2.87. The molecule has 2 unspecified atom stereocenters. The highest BCUT2D eigenvalue weighted by Crippen LogP contribution is 2.25. The van der Waals surface area contributed by atoms with Crippen molar-refractivity contribution in [3.8, 4) is 0 Å². The van der Waals surface area contributed by atoms with Gasteiger partial charge in [-0.1, -0.05) is 42.5 Å². The molecule has 1 aliphatic heterocycles. The largest absolute Gasteiger partial charge is 0.384 e. The van der Waals surface area contributed by atoms with Crippen molar-refractivity contribution in [2.45, 2.75) is 25.0 Å². The minimum Gasteiger partial charge on any atom is -0.384 e. The van der Waals surface area contributed by atoms with Gasteiger partial charge in [-0.25, -0.2) is 4.39 Å². The molecule has 0 aliphatic carbocycles. The molecule has 0 saturated heterocycles. The van der Waals surface area contributed by atoms with E-state index in [4.69, 9.17) is 10.5 Å². The lowest BCUT2D eigenvalue weighted by atomic mass is 9.92. The molecule has 1 amide bonds. The van der Waals surface area contributed by atoms with Crippen molar-refractivity contribution in [1.82, 2.24) is 4.90 Å². The minimum absolute atomic E-state index is 0.0661. The molecule has 0 radical (unpaired) electrons. The third-order valence-electron chi connectivity index (χ3n) is 4.72. The standard InChI is InChI=1S/C20H23FN2O2/c1-25-13-18(19(22)10-21)15-8-6-14(7-9-15)11-23-12-16-4-2-3-5-17(16)20(23)24/h2-9,18-19H,10-13,22H2,1H3. The van der Waals surface area contributed by atoms with E-state index in [1.54, 1.807) is 7.11 Å². The maximum Gasteiger partial charge on any atom is 0.254 e. The summed E-state index contributed by atoms with van der Waals surface area (Å²) in [7, 11) is 1.59. The zero-order chi connectivity index (χ0) is 17.8. The summed E-state index contributed by atoms with van der Waals surface area (Å²) in [5.41, 5.74) is 9.71. The van der Waals surface area contributed by atoms with Crippen LogP contribution in [-0.2, 0) is 17.8 Å². The average Bonchev–Trinajstić information content (AvgIpc) is 2.96. The van der Waals surface area contributed by atoms with Gasteiger partial charge in [-0.3, -0.25) is 4.79 Å². The van der Waals surface area contributed by atoms with Gasteiger partial charge in [-0.15, -0.1) is 0 Å². The Bertz CT molecular complexity index is 733. The third-order valence-corrected chi connectivity index (χ3v) is 4.72. The molecule has 1 heterocycles. The van der Waals surface area contributed by atoms with Gasteiger partial charge in [-0.05, 0) is 22.8 Å². The van der Waals surface area contributed by atoms with Crippen LogP contribution in [0.4, 0.5) is 4.39 Å². The second-order valence-electron chi connectivity index (χ2n) is 6.44. The van der Waals surface area contributed by atoms with Crippen LogP contribution in [0.2, 0.25) is 0 Å². The summed E-state index contributed by atoms with van der Waals surface area (Å²) in [6.45, 7) is 0.981. The summed E-state index contributed by atoms with van der Waals surface area (Å²) < 4.78 is 18.1. The second-order valence-corrected chi connectivity index (χ2v) is 6.44. The number of fused-ring (bicyclic) bond motifs is 1. The van der Waals surface area contributed by atoms with Crippen LogP contribution in [0.3, 0.4) is 0 Å². The lowest BCUT2D eigenvalue weighted by Gasteiger charge is -2.22. The van der Waals surface area contributed by atoms with Gasteiger partial charge in [0.1, 0.15) is 6.67 Å². The van der Waals surface area contributed by atoms with Crippen LogP contribution in [-0.4, -0.2) is 37.2 Å². The van der Waals surface area contributed by atoms with Crippen molar-refractivity contribution in [2.24, 2.45) is 5.73 Å². The van der Waals surface area contributed by atoms with Gasteiger partial charge in [0.15, 0.2) is 0 Å². The van der Waals surface area contributed by atoms with E-state index in [2.05, 4.69) is 0 Å². The van der Waals surface area contributed by atoms with Crippen molar-refractivity contribution < 1.29 is 13.9 Å². The molecule has 2 N–H and O–H groups in total. The van der Waals surface area contributed by atoms with E-state index < -0.39 is 12.7 Å². The molecule has 2 atom stereocenters. The van der Waals surface area contributed by atoms with Crippen molar-refractivity contribution >= 4 is 5.91 Å². The van der Waals surface area contributed by atoms with Gasteiger partial charge in [-0.2, -0.15) is 0 Å². The van der Waals surface area contributed by atoms with E-state index in [0.29, 0.717) is 19.7 Å². The van der Waals surface area contributed by atoms with Crippen LogP contribution in [0.1, 0.15) is 33.0 Å². The number of carbonyl (C=O) groups is 1. The maximum atomic E-state index is 12.9. The van der Waals surface area contributed by atoms with Gasteiger partial charge < -0.3 is 15.4 Å². The Kier molecular flexibility index (Phi) is 5.46. The SMILES string of the molecule is COCC(c1ccc(CN2Cc3ccccc3C2=O)cc1)C(N)CF. The van der Waals surface area contributed by atoms with E-state index in [9.17, 15) is 9.18 Å². The predicted molar refractivity (Wildman–Crippen MR) is 95.0 cm³/mol. The maximum absolute atomic E-state index is 12.9. The lowest BCUT2D eigenvalue weighted by Crippen LogP contribution is -2.33. The number of amides is 1. The minimum atomic E-state index is -0.587. The van der Waals surface area contributed by atoms with Crippen LogP contribution in [0.15, 0.2) is 48.5 Å². The van der Waals surface area contributed by atoms with Crippen LogP contribution < -0.4 is 5.73 Å². The average molecular weight is 342 g/mol. The first-order valence-electron chi connectivity index (χ1n) is 8.40. The molecular formula is C20H23FN2O2. The van der Waals surface area contributed by atoms with Gasteiger partial charge in [0, 0.05) is 37.7 Å². The number of hydrogen-bond acceptors (Lipinski definition) is 3. The summed E-state index contributed by atoms with van der Waals surface area (Å²) >= 11 is 0. The Hall–Kier alpha value is -2.24. The summed E-state index contributed by atoms with van der Waals surface area (Å²) in [5, 5.41) is 0. The van der Waals surface area contributed by atoms with Gasteiger partial charge in [0.25, 0.3) is 5.91 Å². The smallest absolute Gasteiger partial charge is 0.254 e. The molecule has 3 rings (SSSR count). The van der Waals surface area contributed by atoms with Gasteiger partial charge >= 0.3 is 0 Å². The molecule has 25 heavy (non-hydrogen) atoms. The highest BCUT2D eigenvalue weighted by Gasteiger charge is 2.26. The molecule has 0 saturated carbocycles. The van der Waals surface area contributed by atoms with Gasteiger partial charge in [0.05, 0.1) is 6.61 Å². The Morgan fingerprint density at radius 1 is 1.20 bits per heavy atom. The van der Waals surface area contributed by atoms with Crippen molar-refractivity contribution in [2.75, 3.05) is 20.4 Å². The Morgan fingerprint density at radius 3 is 2.56 bits per heavy atom. The number of halogens is 1. The Morgan fingerprint density at radius 2 is 1.92 bits per heavy atom. The number of benzene rings is 2. The highest BCUT2D eigenvalue weighted by molar-refractivity contribution is 5.98. The number of ether oxygens (including phenoxy) is 1. The fourth-order valence-corrected chi connectivity index (χ4v) is 3.29. The monoisotopic (exact) mass is 342 g/mol. The fraction of sp³-hybridized carbons (Fsp3) is 0.350. The second kappa shape index (κ2) is 7.76. The lowest BCUT2D eigenvalue weighted by molar-refractivity contribution is 0.0766. The first-order valence-corrected chi connectivity index (χ1v) is 8.40. The third kappa shape index (κ3) is 3.72. The van der Waals surface area contributed by atoms with Crippen LogP contribution >= 0.6 is 0 Å². The number of alkyl halides is 1. The summed E-state index contributed by atoms with van der Waals surface area (Å²) in [4.78, 5) is 14.3. The number of hydrogen-bond donors (Lipinski definition) is 1. The molecule has 1 aliphatic rings. The van der Waals surface area contributed by atoms with Crippen LogP contribution in [0, 0.1) is 0 Å². The molecule has 4 nitrogen and oxygen atoms in total. The summed E-state index contributed by atoms with van der Waals surface area (Å²) in [6, 6.07) is 15.0. The van der Waals surface area contributed by atoms with Crippen LogP contribution in [0.5, 0.6) is 0 Å². The number of rotatable bonds is 7. The number of nitrogens with two attached hydrogens (primary N) is 1. The van der Waals surface area contributed by atoms with Crippen molar-refractivity contribution in [3.05, 3.63) is 70.8 Å². The molecule has 0 bridgehead atoms. The van der Waals surface area contributed by atoms with E-state index in [1.165, 1.54) is 0 Å². The Balaban J connectivity index is 1.70. The molecule has 132 valence electrons. The number of carbonyl (C=O) groups excluding carboxylic acids is 1. The molecule has 0 aromatic heterocycles. The van der Waals surface area contributed by atoms with Gasteiger partial charge in [0.2, 0.25) is 0 Å².